The van der Waals surface area contributed by atoms with Gasteiger partial charge in [-0.25, -0.2) is 4.79 Å². The van der Waals surface area contributed by atoms with E-state index in [9.17, 15) is 9.59 Å². The highest BCUT2D eigenvalue weighted by Crippen LogP contribution is 2.16. The van der Waals surface area contributed by atoms with Gasteiger partial charge in [-0.2, -0.15) is 4.80 Å². The van der Waals surface area contributed by atoms with Crippen LogP contribution in [0.4, 0.5) is 0 Å². The number of carbonyl (C=O) groups is 2. The number of carbonyl (C=O) groups excluding carboxylic acids is 1. The third-order valence-electron chi connectivity index (χ3n) is 3.09. The second kappa shape index (κ2) is 7.19. The van der Waals surface area contributed by atoms with E-state index in [-0.39, 0.29) is 12.5 Å². The predicted molar refractivity (Wildman–Crippen MR) is 82.7 cm³/mol. The van der Waals surface area contributed by atoms with Crippen molar-refractivity contribution in [1.82, 2.24) is 25.5 Å². The van der Waals surface area contributed by atoms with Crippen molar-refractivity contribution in [2.24, 2.45) is 5.92 Å². The number of halogens is 1. The molecule has 0 fully saturated rings. The van der Waals surface area contributed by atoms with Crippen LogP contribution in [-0.2, 0) is 16.1 Å². The second-order valence-electron chi connectivity index (χ2n) is 5.28. The molecule has 1 heterocycles. The zero-order chi connectivity index (χ0) is 17.0. The quantitative estimate of drug-likeness (QED) is 0.820. The van der Waals surface area contributed by atoms with Crippen molar-refractivity contribution in [1.29, 1.82) is 0 Å². The van der Waals surface area contributed by atoms with Gasteiger partial charge in [-0.1, -0.05) is 25.4 Å². The summed E-state index contributed by atoms with van der Waals surface area (Å²) in [6, 6.07) is 5.92. The average molecular weight is 338 g/mol. The number of nitrogens with zero attached hydrogens (tertiary/aromatic N) is 4. The zero-order valence-electron chi connectivity index (χ0n) is 12.6. The lowest BCUT2D eigenvalue weighted by atomic mass is 10.1. The van der Waals surface area contributed by atoms with Gasteiger partial charge in [-0.3, -0.25) is 4.79 Å². The number of tetrazole rings is 1. The fraction of sp³-hybridized carbons (Fsp3) is 0.357. The number of carboxylic acids is 1. The van der Waals surface area contributed by atoms with Gasteiger partial charge in [0.2, 0.25) is 11.7 Å². The molecule has 0 saturated heterocycles. The number of carboxylic acid groups (broad SMARTS) is 1. The van der Waals surface area contributed by atoms with Crippen LogP contribution in [0, 0.1) is 5.92 Å². The highest BCUT2D eigenvalue weighted by atomic mass is 35.5. The smallest absolute Gasteiger partial charge is 0.326 e. The maximum absolute atomic E-state index is 11.9. The van der Waals surface area contributed by atoms with E-state index in [1.165, 1.54) is 0 Å². The van der Waals surface area contributed by atoms with Crippen LogP contribution in [0.15, 0.2) is 24.3 Å². The monoisotopic (exact) mass is 337 g/mol. The van der Waals surface area contributed by atoms with Crippen LogP contribution in [-0.4, -0.2) is 43.2 Å². The van der Waals surface area contributed by atoms with E-state index in [0.717, 1.165) is 4.80 Å². The molecule has 23 heavy (non-hydrogen) atoms. The molecule has 1 atom stereocenters. The Morgan fingerprint density at radius 2 is 1.96 bits per heavy atom. The van der Waals surface area contributed by atoms with E-state index in [1.54, 1.807) is 38.1 Å². The minimum atomic E-state index is -1.08. The van der Waals surface area contributed by atoms with Gasteiger partial charge >= 0.3 is 5.97 Å². The van der Waals surface area contributed by atoms with Gasteiger partial charge in [-0.05, 0) is 35.4 Å². The number of rotatable bonds is 6. The number of nitrogens with one attached hydrogen (secondary N) is 1. The molecule has 0 aliphatic carbocycles. The Hall–Kier alpha value is -2.48. The molecule has 9 heteroatoms. The predicted octanol–water partition coefficient (Wildman–Crippen LogP) is 1.22. The van der Waals surface area contributed by atoms with Crippen LogP contribution in [0.3, 0.4) is 0 Å². The molecule has 2 N–H and O–H groups in total. The van der Waals surface area contributed by atoms with Gasteiger partial charge < -0.3 is 10.4 Å². The molecule has 1 aromatic carbocycles. The summed E-state index contributed by atoms with van der Waals surface area (Å²) in [7, 11) is 0. The van der Waals surface area contributed by atoms with Crippen molar-refractivity contribution in [3.05, 3.63) is 29.3 Å². The van der Waals surface area contributed by atoms with Gasteiger partial charge in [-0.15, -0.1) is 10.2 Å². The number of hydrogen-bond donors (Lipinski definition) is 2. The molecule has 2 aromatic rings. The molecule has 0 bridgehead atoms. The summed E-state index contributed by atoms with van der Waals surface area (Å²) in [5.41, 5.74) is 0.714. The standard InChI is InChI=1S/C14H16ClN5O3/c1-8(2)12(14(22)23)16-11(21)7-20-18-13(17-19-20)9-3-5-10(15)6-4-9/h3-6,8,12H,7H2,1-2H3,(H,16,21)(H,22,23)/t12-/m0/s1. The lowest BCUT2D eigenvalue weighted by Gasteiger charge is -2.17. The normalized spacial score (nSPS) is 12.2. The molecule has 0 aliphatic heterocycles. The Balaban J connectivity index is 2.02. The molecule has 0 aliphatic rings. The Morgan fingerprint density at radius 1 is 1.30 bits per heavy atom. The Labute approximate surface area is 137 Å². The molecule has 1 amide bonds. The van der Waals surface area contributed by atoms with Crippen LogP contribution in [0.5, 0.6) is 0 Å². The fourth-order valence-electron chi connectivity index (χ4n) is 1.89. The van der Waals surface area contributed by atoms with Gasteiger partial charge in [0.1, 0.15) is 12.6 Å². The van der Waals surface area contributed by atoms with Gasteiger partial charge in [0.25, 0.3) is 0 Å². The molecular formula is C14H16ClN5O3. The third kappa shape index (κ3) is 4.49. The van der Waals surface area contributed by atoms with Gasteiger partial charge in [0.15, 0.2) is 0 Å². The molecule has 0 unspecified atom stereocenters. The van der Waals surface area contributed by atoms with Crippen LogP contribution in [0.25, 0.3) is 11.4 Å². The van der Waals surface area contributed by atoms with E-state index in [1.807, 2.05) is 0 Å². The lowest BCUT2D eigenvalue weighted by molar-refractivity contribution is -0.143. The summed E-state index contributed by atoms with van der Waals surface area (Å²) < 4.78 is 0. The van der Waals surface area contributed by atoms with Gasteiger partial charge in [0, 0.05) is 10.6 Å². The summed E-state index contributed by atoms with van der Waals surface area (Å²) in [4.78, 5) is 24.1. The maximum atomic E-state index is 11.9. The Bertz CT molecular complexity index is 699. The number of aliphatic carboxylic acids is 1. The van der Waals surface area contributed by atoms with Crippen LogP contribution >= 0.6 is 11.6 Å². The topological polar surface area (TPSA) is 110 Å². The number of hydrogen-bond acceptors (Lipinski definition) is 5. The number of amides is 1. The largest absolute Gasteiger partial charge is 0.480 e. The van der Waals surface area contributed by atoms with Crippen molar-refractivity contribution in [2.75, 3.05) is 0 Å². The van der Waals surface area contributed by atoms with E-state index in [4.69, 9.17) is 16.7 Å². The first-order valence-electron chi connectivity index (χ1n) is 6.92. The molecule has 0 saturated carbocycles. The highest BCUT2D eigenvalue weighted by Gasteiger charge is 2.23. The first-order valence-corrected chi connectivity index (χ1v) is 7.30. The van der Waals surface area contributed by atoms with Gasteiger partial charge in [0.05, 0.1) is 0 Å². The van der Waals surface area contributed by atoms with E-state index >= 15 is 0 Å². The third-order valence-corrected chi connectivity index (χ3v) is 3.34. The average Bonchev–Trinajstić information content (AvgIpc) is 2.93. The Morgan fingerprint density at radius 3 is 2.52 bits per heavy atom. The maximum Gasteiger partial charge on any atom is 0.326 e. The molecule has 0 radical (unpaired) electrons. The summed E-state index contributed by atoms with van der Waals surface area (Å²) >= 11 is 5.81. The highest BCUT2D eigenvalue weighted by molar-refractivity contribution is 6.30. The first-order chi connectivity index (χ1) is 10.9. The van der Waals surface area contributed by atoms with Crippen LogP contribution in [0.2, 0.25) is 5.02 Å². The minimum absolute atomic E-state index is 0.211. The molecule has 122 valence electrons. The summed E-state index contributed by atoms with van der Waals surface area (Å²) in [5.74, 6) is -1.45. The second-order valence-corrected chi connectivity index (χ2v) is 5.71. The van der Waals surface area contributed by atoms with Crippen LogP contribution in [0.1, 0.15) is 13.8 Å². The van der Waals surface area contributed by atoms with E-state index in [2.05, 4.69) is 20.7 Å². The Kier molecular flexibility index (Phi) is 5.28. The van der Waals surface area contributed by atoms with Crippen molar-refractivity contribution in [2.45, 2.75) is 26.4 Å². The van der Waals surface area contributed by atoms with E-state index < -0.39 is 17.9 Å². The molecule has 8 nitrogen and oxygen atoms in total. The van der Waals surface area contributed by atoms with Crippen molar-refractivity contribution in [3.63, 3.8) is 0 Å². The SMILES string of the molecule is CC(C)[C@H](NC(=O)Cn1nnc(-c2ccc(Cl)cc2)n1)C(=O)O. The minimum Gasteiger partial charge on any atom is -0.480 e. The van der Waals surface area contributed by atoms with Crippen molar-refractivity contribution < 1.29 is 14.7 Å². The number of aromatic nitrogens is 4. The van der Waals surface area contributed by atoms with Crippen LogP contribution < -0.4 is 5.32 Å². The van der Waals surface area contributed by atoms with E-state index in [0.29, 0.717) is 16.4 Å². The zero-order valence-corrected chi connectivity index (χ0v) is 13.4. The fourth-order valence-corrected chi connectivity index (χ4v) is 2.01. The summed E-state index contributed by atoms with van der Waals surface area (Å²) in [5, 5.41) is 23.8. The summed E-state index contributed by atoms with van der Waals surface area (Å²) in [6.07, 6.45) is 0. The molecular weight excluding hydrogens is 322 g/mol. The first kappa shape index (κ1) is 16.9. The molecule has 0 spiro atoms. The molecule has 1 aromatic heterocycles. The number of benzene rings is 1. The van der Waals surface area contributed by atoms with Crippen molar-refractivity contribution >= 4 is 23.5 Å². The molecule has 2 rings (SSSR count). The van der Waals surface area contributed by atoms with Crippen molar-refractivity contribution in [3.8, 4) is 11.4 Å². The lowest BCUT2D eigenvalue weighted by Crippen LogP contribution is -2.45. The summed E-state index contributed by atoms with van der Waals surface area (Å²) in [6.45, 7) is 3.22.